The lowest BCUT2D eigenvalue weighted by Crippen LogP contribution is -2.06. The van der Waals surface area contributed by atoms with Crippen LogP contribution < -0.4 is 0 Å². The van der Waals surface area contributed by atoms with Gasteiger partial charge in [0, 0.05) is 40.0 Å². The molecule has 0 spiro atoms. The number of thiophene rings is 1. The number of halogens is 3. The molecule has 120 valence electrons. The first-order chi connectivity index (χ1) is 11.1. The Kier molecular flexibility index (Phi) is 5.94. The van der Waals surface area contributed by atoms with Crippen molar-refractivity contribution in [1.82, 2.24) is 9.55 Å². The Balaban J connectivity index is 1.82. The van der Waals surface area contributed by atoms with Crippen LogP contribution in [-0.4, -0.2) is 9.55 Å². The van der Waals surface area contributed by atoms with E-state index in [1.165, 1.54) is 0 Å². The summed E-state index contributed by atoms with van der Waals surface area (Å²) in [6.45, 7) is 0.785. The zero-order valence-electron chi connectivity index (χ0n) is 12.0. The third kappa shape index (κ3) is 4.46. The number of rotatable bonds is 6. The van der Waals surface area contributed by atoms with E-state index in [2.05, 4.69) is 15.6 Å². The molecule has 0 aliphatic heterocycles. The fraction of sp³-hybridized carbons (Fsp3) is 0.188. The zero-order chi connectivity index (χ0) is 16.2. The van der Waals surface area contributed by atoms with Crippen molar-refractivity contribution in [2.24, 2.45) is 0 Å². The summed E-state index contributed by atoms with van der Waals surface area (Å²) in [5.74, 6) is 0.834. The Labute approximate surface area is 158 Å². The fourth-order valence-electron chi connectivity index (χ4n) is 2.20. The number of thioether (sulfide) groups is 1. The molecule has 7 heteroatoms. The van der Waals surface area contributed by atoms with Crippen LogP contribution in [0.3, 0.4) is 0 Å². The maximum absolute atomic E-state index is 6.41. The average Bonchev–Trinajstić information content (AvgIpc) is 3.16. The normalized spacial score (nSPS) is 12.5. The lowest BCUT2D eigenvalue weighted by Gasteiger charge is -2.19. The second-order valence-electron chi connectivity index (χ2n) is 4.94. The maximum Gasteiger partial charge on any atom is 0.0968 e. The summed E-state index contributed by atoms with van der Waals surface area (Å²) in [5, 5.41) is 3.53. The Morgan fingerprint density at radius 3 is 2.74 bits per heavy atom. The fourth-order valence-corrected chi connectivity index (χ4v) is 5.19. The van der Waals surface area contributed by atoms with Gasteiger partial charge in [0.2, 0.25) is 0 Å². The average molecular weight is 404 g/mol. The largest absolute Gasteiger partial charge is 0.336 e. The minimum Gasteiger partial charge on any atom is -0.336 e. The molecule has 0 saturated heterocycles. The number of imidazole rings is 1. The first-order valence-corrected chi connectivity index (χ1v) is 9.94. The summed E-state index contributed by atoms with van der Waals surface area (Å²) in [7, 11) is 0. The lowest BCUT2D eigenvalue weighted by molar-refractivity contribution is 0.683. The van der Waals surface area contributed by atoms with Gasteiger partial charge in [-0.3, -0.25) is 0 Å². The number of benzene rings is 1. The quantitative estimate of drug-likeness (QED) is 0.462. The summed E-state index contributed by atoms with van der Waals surface area (Å²) in [6, 6.07) is 7.73. The van der Waals surface area contributed by atoms with Crippen LogP contribution in [0.2, 0.25) is 14.4 Å². The highest BCUT2D eigenvalue weighted by atomic mass is 35.5. The third-order valence-electron chi connectivity index (χ3n) is 3.38. The van der Waals surface area contributed by atoms with Gasteiger partial charge in [0.25, 0.3) is 0 Å². The van der Waals surface area contributed by atoms with Gasteiger partial charge in [-0.1, -0.05) is 40.9 Å². The molecule has 2 heterocycles. The van der Waals surface area contributed by atoms with Gasteiger partial charge in [-0.15, -0.1) is 23.1 Å². The van der Waals surface area contributed by atoms with Gasteiger partial charge in [0.1, 0.15) is 0 Å². The topological polar surface area (TPSA) is 17.8 Å². The van der Waals surface area contributed by atoms with Crippen LogP contribution in [0.5, 0.6) is 0 Å². The van der Waals surface area contributed by atoms with Crippen molar-refractivity contribution >= 4 is 57.9 Å². The molecule has 0 amide bonds. The van der Waals surface area contributed by atoms with Gasteiger partial charge in [-0.2, -0.15) is 0 Å². The highest BCUT2D eigenvalue weighted by Gasteiger charge is 2.17. The van der Waals surface area contributed by atoms with Gasteiger partial charge < -0.3 is 4.57 Å². The van der Waals surface area contributed by atoms with E-state index in [1.54, 1.807) is 23.6 Å². The van der Waals surface area contributed by atoms with E-state index in [9.17, 15) is 0 Å². The molecular formula is C16H13Cl3N2S2. The molecule has 1 atom stereocenters. The van der Waals surface area contributed by atoms with Crippen LogP contribution in [0.1, 0.15) is 16.4 Å². The van der Waals surface area contributed by atoms with Crippen LogP contribution in [0.15, 0.2) is 48.4 Å². The van der Waals surface area contributed by atoms with E-state index in [4.69, 9.17) is 34.8 Å². The van der Waals surface area contributed by atoms with Crippen LogP contribution in [0.4, 0.5) is 0 Å². The predicted octanol–water partition coefficient (Wildman–Crippen LogP) is 6.58. The first-order valence-electron chi connectivity index (χ1n) is 6.87. The monoisotopic (exact) mass is 402 g/mol. The van der Waals surface area contributed by atoms with Crippen molar-refractivity contribution in [3.63, 3.8) is 0 Å². The summed E-state index contributed by atoms with van der Waals surface area (Å²) in [6.07, 6.45) is 5.55. The van der Waals surface area contributed by atoms with E-state index in [-0.39, 0.29) is 5.25 Å². The highest BCUT2D eigenvalue weighted by Crippen LogP contribution is 2.39. The van der Waals surface area contributed by atoms with Crippen molar-refractivity contribution in [1.29, 1.82) is 0 Å². The SMILES string of the molecule is Clc1ccc(C(Cn2ccnc2)SCc2ccsc2Cl)c(Cl)c1. The maximum atomic E-state index is 6.41. The van der Waals surface area contributed by atoms with Crippen LogP contribution >= 0.6 is 57.9 Å². The molecule has 2 aromatic heterocycles. The van der Waals surface area contributed by atoms with Gasteiger partial charge in [-0.25, -0.2) is 4.98 Å². The Morgan fingerprint density at radius 1 is 1.22 bits per heavy atom. The van der Waals surface area contributed by atoms with E-state index >= 15 is 0 Å². The smallest absolute Gasteiger partial charge is 0.0968 e. The molecular weight excluding hydrogens is 391 g/mol. The molecule has 0 bridgehead atoms. The van der Waals surface area contributed by atoms with Crippen molar-refractivity contribution < 1.29 is 0 Å². The third-order valence-corrected chi connectivity index (χ3v) is 6.48. The molecule has 0 radical (unpaired) electrons. The number of nitrogens with zero attached hydrogens (tertiary/aromatic N) is 2. The van der Waals surface area contributed by atoms with Crippen molar-refractivity contribution in [2.75, 3.05) is 0 Å². The minimum absolute atomic E-state index is 0.185. The molecule has 1 unspecified atom stereocenters. The summed E-state index contributed by atoms with van der Waals surface area (Å²) in [5.41, 5.74) is 2.23. The standard InChI is InChI=1S/C16H13Cl3N2S2/c17-12-1-2-13(14(18)7-12)15(8-21-5-4-20-10-21)23-9-11-3-6-22-16(11)19/h1-7,10,15H,8-9H2. The van der Waals surface area contributed by atoms with Gasteiger partial charge >= 0.3 is 0 Å². The molecule has 2 nitrogen and oxygen atoms in total. The second kappa shape index (κ2) is 7.95. The molecule has 0 N–H and O–H groups in total. The van der Waals surface area contributed by atoms with Crippen LogP contribution in [0, 0.1) is 0 Å². The molecule has 1 aromatic carbocycles. The first kappa shape index (κ1) is 17.2. The van der Waals surface area contributed by atoms with Gasteiger partial charge in [0.05, 0.1) is 10.7 Å². The van der Waals surface area contributed by atoms with E-state index in [1.807, 2.05) is 41.8 Å². The summed E-state index contributed by atoms with van der Waals surface area (Å²) < 4.78 is 2.90. The molecule has 3 aromatic rings. The number of aromatic nitrogens is 2. The highest BCUT2D eigenvalue weighted by molar-refractivity contribution is 7.98. The van der Waals surface area contributed by atoms with Gasteiger partial charge in [0.15, 0.2) is 0 Å². The minimum atomic E-state index is 0.185. The molecule has 3 rings (SSSR count). The van der Waals surface area contributed by atoms with Crippen molar-refractivity contribution in [3.05, 3.63) is 73.9 Å². The Bertz CT molecular complexity index is 771. The summed E-state index contributed by atoms with van der Waals surface area (Å²) >= 11 is 22.0. The number of hydrogen-bond acceptors (Lipinski definition) is 3. The van der Waals surface area contributed by atoms with Crippen LogP contribution in [-0.2, 0) is 12.3 Å². The van der Waals surface area contributed by atoms with E-state index < -0.39 is 0 Å². The number of hydrogen-bond donors (Lipinski definition) is 0. The molecule has 23 heavy (non-hydrogen) atoms. The van der Waals surface area contributed by atoms with E-state index in [0.717, 1.165) is 27.8 Å². The molecule has 0 fully saturated rings. The second-order valence-corrected chi connectivity index (χ2v) is 8.50. The lowest BCUT2D eigenvalue weighted by atomic mass is 10.1. The molecule has 0 aliphatic rings. The Morgan fingerprint density at radius 2 is 2.09 bits per heavy atom. The molecule has 0 saturated carbocycles. The molecule has 0 aliphatic carbocycles. The van der Waals surface area contributed by atoms with Crippen molar-refractivity contribution in [3.8, 4) is 0 Å². The van der Waals surface area contributed by atoms with Crippen LogP contribution in [0.25, 0.3) is 0 Å². The Hall–Kier alpha value is -0.650. The van der Waals surface area contributed by atoms with Gasteiger partial charge in [-0.05, 0) is 34.7 Å². The predicted molar refractivity (Wildman–Crippen MR) is 102 cm³/mol. The van der Waals surface area contributed by atoms with Crippen molar-refractivity contribution in [2.45, 2.75) is 17.5 Å². The zero-order valence-corrected chi connectivity index (χ0v) is 15.9. The van der Waals surface area contributed by atoms with E-state index in [0.29, 0.717) is 10.0 Å². The summed E-state index contributed by atoms with van der Waals surface area (Å²) in [4.78, 5) is 4.11.